The molecule has 0 bridgehead atoms. The van der Waals surface area contributed by atoms with Crippen molar-refractivity contribution in [1.82, 2.24) is 0 Å². The molecule has 0 aliphatic carbocycles. The number of phenols is 1. The van der Waals surface area contributed by atoms with Crippen molar-refractivity contribution >= 4 is 23.1 Å². The summed E-state index contributed by atoms with van der Waals surface area (Å²) >= 11 is 0. The molecule has 0 spiro atoms. The van der Waals surface area contributed by atoms with Crippen molar-refractivity contribution in [3.05, 3.63) is 89.2 Å². The lowest BCUT2D eigenvalue weighted by atomic mass is 9.94. The van der Waals surface area contributed by atoms with Gasteiger partial charge in [0, 0.05) is 6.07 Å². The summed E-state index contributed by atoms with van der Waals surface area (Å²) in [7, 11) is 2.87. The number of para-hydroxylation sites is 2. The SMILES string of the molecule is COc1ccc(/C(O)=C2/C(=O)C(=O)N(c3ccccc3O)C2c2ccc(F)cc2)c(OC)c1. The number of methoxy groups -OCH3 is 2. The van der Waals surface area contributed by atoms with Gasteiger partial charge in [0.25, 0.3) is 11.7 Å². The van der Waals surface area contributed by atoms with Crippen molar-refractivity contribution in [2.24, 2.45) is 0 Å². The van der Waals surface area contributed by atoms with Gasteiger partial charge in [-0.05, 0) is 42.0 Å². The van der Waals surface area contributed by atoms with Crippen LogP contribution in [-0.4, -0.2) is 36.1 Å². The topological polar surface area (TPSA) is 96.3 Å². The quantitative estimate of drug-likeness (QED) is 0.345. The second kappa shape index (κ2) is 8.66. The molecular weight excluding hydrogens is 429 g/mol. The third kappa shape index (κ3) is 3.76. The van der Waals surface area contributed by atoms with Crippen LogP contribution in [0.25, 0.3) is 5.76 Å². The van der Waals surface area contributed by atoms with Gasteiger partial charge in [-0.3, -0.25) is 14.5 Å². The van der Waals surface area contributed by atoms with Gasteiger partial charge in [0.2, 0.25) is 0 Å². The maximum atomic E-state index is 13.6. The van der Waals surface area contributed by atoms with Gasteiger partial charge in [0.05, 0.1) is 37.1 Å². The van der Waals surface area contributed by atoms with E-state index in [0.29, 0.717) is 11.3 Å². The lowest BCUT2D eigenvalue weighted by molar-refractivity contribution is -0.132. The number of benzene rings is 3. The summed E-state index contributed by atoms with van der Waals surface area (Å²) in [6.07, 6.45) is 0. The number of ketones is 1. The molecule has 1 unspecified atom stereocenters. The highest BCUT2D eigenvalue weighted by molar-refractivity contribution is 6.52. The van der Waals surface area contributed by atoms with Crippen molar-refractivity contribution in [3.8, 4) is 17.2 Å². The normalized spacial score (nSPS) is 17.3. The summed E-state index contributed by atoms with van der Waals surface area (Å²) in [5, 5.41) is 21.6. The summed E-state index contributed by atoms with van der Waals surface area (Å²) in [5.74, 6) is -2.42. The first-order valence-corrected chi connectivity index (χ1v) is 9.94. The van der Waals surface area contributed by atoms with Crippen LogP contribution in [0.4, 0.5) is 10.1 Å². The van der Waals surface area contributed by atoms with E-state index in [1.807, 2.05) is 0 Å². The number of ether oxygens (including phenoxy) is 2. The van der Waals surface area contributed by atoms with Crippen molar-refractivity contribution in [1.29, 1.82) is 0 Å². The van der Waals surface area contributed by atoms with Crippen LogP contribution < -0.4 is 14.4 Å². The number of halogens is 1. The van der Waals surface area contributed by atoms with Crippen LogP contribution >= 0.6 is 0 Å². The summed E-state index contributed by atoms with van der Waals surface area (Å²) in [6, 6.07) is 14.7. The molecule has 33 heavy (non-hydrogen) atoms. The van der Waals surface area contributed by atoms with E-state index < -0.39 is 29.3 Å². The molecule has 1 saturated heterocycles. The Balaban J connectivity index is 1.98. The average molecular weight is 449 g/mol. The number of aliphatic hydroxyl groups excluding tert-OH is 1. The van der Waals surface area contributed by atoms with Gasteiger partial charge in [0.15, 0.2) is 0 Å². The standard InChI is InChI=1S/C25H20FNO6/c1-32-16-11-12-17(20(13-16)33-2)23(29)21-22(14-7-9-15(26)10-8-14)27(25(31)24(21)30)18-5-3-4-6-19(18)28/h3-13,22,28-29H,1-2H3/b23-21-. The van der Waals surface area contributed by atoms with Gasteiger partial charge >= 0.3 is 0 Å². The zero-order valence-corrected chi connectivity index (χ0v) is 17.8. The molecule has 1 amide bonds. The zero-order valence-electron chi connectivity index (χ0n) is 17.8. The van der Waals surface area contributed by atoms with E-state index in [1.54, 1.807) is 18.2 Å². The number of hydrogen-bond donors (Lipinski definition) is 2. The Hall–Kier alpha value is -4.33. The molecule has 1 atom stereocenters. The molecule has 3 aromatic carbocycles. The van der Waals surface area contributed by atoms with Gasteiger partial charge in [-0.1, -0.05) is 24.3 Å². The Morgan fingerprint density at radius 2 is 1.67 bits per heavy atom. The van der Waals surface area contributed by atoms with E-state index in [9.17, 15) is 24.2 Å². The van der Waals surface area contributed by atoms with E-state index in [-0.39, 0.29) is 28.3 Å². The third-order valence-electron chi connectivity index (χ3n) is 5.44. The summed E-state index contributed by atoms with van der Waals surface area (Å²) in [6.45, 7) is 0. The largest absolute Gasteiger partial charge is 0.507 e. The predicted molar refractivity (Wildman–Crippen MR) is 119 cm³/mol. The van der Waals surface area contributed by atoms with Gasteiger partial charge in [-0.25, -0.2) is 4.39 Å². The molecule has 0 saturated carbocycles. The first kappa shape index (κ1) is 21.9. The van der Waals surface area contributed by atoms with Crippen molar-refractivity contribution in [2.75, 3.05) is 19.1 Å². The fourth-order valence-electron chi connectivity index (χ4n) is 3.85. The third-order valence-corrected chi connectivity index (χ3v) is 5.44. The highest BCUT2D eigenvalue weighted by Crippen LogP contribution is 2.45. The summed E-state index contributed by atoms with van der Waals surface area (Å²) in [5.41, 5.74) is 0.390. The predicted octanol–water partition coefficient (Wildman–Crippen LogP) is 4.17. The lowest BCUT2D eigenvalue weighted by Crippen LogP contribution is -2.29. The van der Waals surface area contributed by atoms with Crippen LogP contribution in [0.3, 0.4) is 0 Å². The Bertz CT molecular complexity index is 1270. The first-order chi connectivity index (χ1) is 15.9. The molecule has 4 rings (SSSR count). The molecule has 1 fully saturated rings. The van der Waals surface area contributed by atoms with Crippen LogP contribution in [0.2, 0.25) is 0 Å². The molecular formula is C25H20FNO6. The number of amides is 1. The monoisotopic (exact) mass is 449 g/mol. The lowest BCUT2D eigenvalue weighted by Gasteiger charge is -2.26. The average Bonchev–Trinajstić information content (AvgIpc) is 3.09. The number of hydrogen-bond acceptors (Lipinski definition) is 6. The van der Waals surface area contributed by atoms with E-state index >= 15 is 0 Å². The number of Topliss-reactive ketones (excluding diaryl/α,β-unsaturated/α-hetero) is 1. The maximum absolute atomic E-state index is 13.6. The molecule has 3 aromatic rings. The van der Waals surface area contributed by atoms with E-state index in [0.717, 1.165) is 4.90 Å². The fraction of sp³-hybridized carbons (Fsp3) is 0.120. The highest BCUT2D eigenvalue weighted by Gasteiger charge is 2.47. The number of carbonyl (C=O) groups excluding carboxylic acids is 2. The number of aliphatic hydroxyl groups is 1. The molecule has 2 N–H and O–H groups in total. The second-order valence-electron chi connectivity index (χ2n) is 7.28. The number of nitrogens with zero attached hydrogens (tertiary/aromatic N) is 1. The summed E-state index contributed by atoms with van der Waals surface area (Å²) in [4.78, 5) is 27.4. The van der Waals surface area contributed by atoms with Crippen LogP contribution in [0.15, 0.2) is 72.3 Å². The van der Waals surface area contributed by atoms with Gasteiger partial charge in [0.1, 0.15) is 28.8 Å². The van der Waals surface area contributed by atoms with Crippen molar-refractivity contribution in [2.45, 2.75) is 6.04 Å². The van der Waals surface area contributed by atoms with Crippen LogP contribution in [0.5, 0.6) is 17.2 Å². The van der Waals surface area contributed by atoms with Crippen molar-refractivity contribution in [3.63, 3.8) is 0 Å². The Labute approximate surface area is 188 Å². The molecule has 1 aliphatic heterocycles. The molecule has 0 radical (unpaired) electrons. The zero-order chi connectivity index (χ0) is 23.7. The first-order valence-electron chi connectivity index (χ1n) is 9.94. The molecule has 7 nitrogen and oxygen atoms in total. The Morgan fingerprint density at radius 1 is 0.970 bits per heavy atom. The minimum Gasteiger partial charge on any atom is -0.507 e. The Morgan fingerprint density at radius 3 is 2.30 bits per heavy atom. The highest BCUT2D eigenvalue weighted by atomic mass is 19.1. The number of aromatic hydroxyl groups is 1. The molecule has 1 heterocycles. The van der Waals surface area contributed by atoms with Gasteiger partial charge in [-0.15, -0.1) is 0 Å². The van der Waals surface area contributed by atoms with E-state index in [1.165, 1.54) is 62.8 Å². The summed E-state index contributed by atoms with van der Waals surface area (Å²) < 4.78 is 24.1. The molecule has 8 heteroatoms. The number of anilines is 1. The smallest absolute Gasteiger partial charge is 0.300 e. The number of phenolic OH excluding ortho intramolecular Hbond substituents is 1. The van der Waals surface area contributed by atoms with E-state index in [4.69, 9.17) is 9.47 Å². The fourth-order valence-corrected chi connectivity index (χ4v) is 3.85. The minimum atomic E-state index is -1.12. The van der Waals surface area contributed by atoms with Crippen molar-refractivity contribution < 1.29 is 33.7 Å². The Kier molecular flexibility index (Phi) is 5.74. The number of carbonyl (C=O) groups is 2. The molecule has 0 aromatic heterocycles. The molecule has 168 valence electrons. The number of rotatable bonds is 5. The minimum absolute atomic E-state index is 0.0784. The molecule has 1 aliphatic rings. The maximum Gasteiger partial charge on any atom is 0.300 e. The second-order valence-corrected chi connectivity index (χ2v) is 7.28. The van der Waals surface area contributed by atoms with Crippen LogP contribution in [0, 0.1) is 5.82 Å². The van der Waals surface area contributed by atoms with Gasteiger partial charge < -0.3 is 19.7 Å². The van der Waals surface area contributed by atoms with Crippen LogP contribution in [0.1, 0.15) is 17.2 Å². The van der Waals surface area contributed by atoms with Crippen LogP contribution in [-0.2, 0) is 9.59 Å². The van der Waals surface area contributed by atoms with Gasteiger partial charge in [-0.2, -0.15) is 0 Å². The van der Waals surface area contributed by atoms with E-state index in [2.05, 4.69) is 0 Å².